The highest BCUT2D eigenvalue weighted by molar-refractivity contribution is 6.30. The maximum atomic E-state index is 12.1. The zero-order valence-corrected chi connectivity index (χ0v) is 12.0. The number of aromatic nitrogens is 1. The summed E-state index contributed by atoms with van der Waals surface area (Å²) in [5, 5.41) is 0.559. The van der Waals surface area contributed by atoms with Crippen molar-refractivity contribution < 1.29 is 4.79 Å². The molecule has 1 rings (SSSR count). The monoisotopic (exact) mass is 270 g/mol. The minimum atomic E-state index is -0.0910. The minimum absolute atomic E-state index is 0.0910. The number of likely N-dealkylation sites (N-methyl/N-ethyl adjacent to an activating group) is 1. The third kappa shape index (κ3) is 4.16. The Morgan fingerprint density at radius 3 is 2.33 bits per heavy atom. The Labute approximate surface area is 113 Å². The molecule has 18 heavy (non-hydrogen) atoms. The van der Waals surface area contributed by atoms with E-state index in [-0.39, 0.29) is 6.03 Å². The van der Waals surface area contributed by atoms with Gasteiger partial charge in [-0.25, -0.2) is 9.78 Å². The van der Waals surface area contributed by atoms with Crippen molar-refractivity contribution in [2.75, 3.05) is 46.2 Å². The summed E-state index contributed by atoms with van der Waals surface area (Å²) < 4.78 is 0. The van der Waals surface area contributed by atoms with Gasteiger partial charge in [0.25, 0.3) is 0 Å². The first-order valence-electron chi connectivity index (χ1n) is 5.67. The molecule has 0 aliphatic heterocycles. The molecular formula is C12H19ClN4O. The lowest BCUT2D eigenvalue weighted by atomic mass is 10.4. The number of hydrogen-bond acceptors (Lipinski definition) is 3. The number of pyridine rings is 1. The van der Waals surface area contributed by atoms with Gasteiger partial charge in [-0.2, -0.15) is 0 Å². The fraction of sp³-hybridized carbons (Fsp3) is 0.500. The number of nitrogens with zero attached hydrogens (tertiary/aromatic N) is 4. The van der Waals surface area contributed by atoms with E-state index in [1.54, 1.807) is 37.3 Å². The molecule has 0 aliphatic carbocycles. The lowest BCUT2D eigenvalue weighted by Gasteiger charge is -2.26. The van der Waals surface area contributed by atoms with Gasteiger partial charge < -0.3 is 9.80 Å². The van der Waals surface area contributed by atoms with Crippen molar-refractivity contribution >= 4 is 23.4 Å². The molecule has 0 unspecified atom stereocenters. The number of anilines is 1. The van der Waals surface area contributed by atoms with E-state index in [1.807, 2.05) is 19.0 Å². The SMILES string of the molecule is CN(C)CCN(C(=O)N(C)C)c1ccc(Cl)cn1. The standard InChI is InChI=1S/C12H19ClN4O/c1-15(2)7-8-17(12(18)16(3)4)11-6-5-10(13)9-14-11/h5-6,9H,7-8H2,1-4H3. The van der Waals surface area contributed by atoms with Crippen LogP contribution in [0.25, 0.3) is 0 Å². The predicted octanol–water partition coefficient (Wildman–Crippen LogP) is 1.78. The summed E-state index contributed by atoms with van der Waals surface area (Å²) in [6.45, 7) is 1.35. The Morgan fingerprint density at radius 1 is 1.22 bits per heavy atom. The molecular weight excluding hydrogens is 252 g/mol. The van der Waals surface area contributed by atoms with Crippen LogP contribution in [0.4, 0.5) is 10.6 Å². The zero-order chi connectivity index (χ0) is 13.7. The van der Waals surface area contributed by atoms with Crippen LogP contribution in [-0.2, 0) is 0 Å². The van der Waals surface area contributed by atoms with Crippen LogP contribution >= 0.6 is 11.6 Å². The average Bonchev–Trinajstić information content (AvgIpc) is 2.30. The van der Waals surface area contributed by atoms with Crippen molar-refractivity contribution in [2.24, 2.45) is 0 Å². The number of carbonyl (C=O) groups excluding carboxylic acids is 1. The normalized spacial score (nSPS) is 10.6. The largest absolute Gasteiger partial charge is 0.330 e. The molecule has 0 saturated heterocycles. The van der Waals surface area contributed by atoms with Crippen molar-refractivity contribution in [1.29, 1.82) is 0 Å². The number of rotatable bonds is 4. The molecule has 0 fully saturated rings. The van der Waals surface area contributed by atoms with E-state index in [4.69, 9.17) is 11.6 Å². The molecule has 0 N–H and O–H groups in total. The van der Waals surface area contributed by atoms with Crippen LogP contribution < -0.4 is 4.90 Å². The van der Waals surface area contributed by atoms with Gasteiger partial charge in [-0.3, -0.25) is 4.90 Å². The van der Waals surface area contributed by atoms with E-state index in [9.17, 15) is 4.79 Å². The number of amides is 2. The van der Waals surface area contributed by atoms with Crippen molar-refractivity contribution in [2.45, 2.75) is 0 Å². The maximum absolute atomic E-state index is 12.1. The zero-order valence-electron chi connectivity index (χ0n) is 11.2. The van der Waals surface area contributed by atoms with Gasteiger partial charge in [0.2, 0.25) is 0 Å². The van der Waals surface area contributed by atoms with Crippen LogP contribution in [0, 0.1) is 0 Å². The second kappa shape index (κ2) is 6.56. The van der Waals surface area contributed by atoms with Crippen molar-refractivity contribution in [1.82, 2.24) is 14.8 Å². The van der Waals surface area contributed by atoms with Gasteiger partial charge in [0.05, 0.1) is 5.02 Å². The Kier molecular flexibility index (Phi) is 5.37. The predicted molar refractivity (Wildman–Crippen MR) is 74.2 cm³/mol. The van der Waals surface area contributed by atoms with Crippen LogP contribution in [0.2, 0.25) is 5.02 Å². The number of carbonyl (C=O) groups is 1. The molecule has 2 amide bonds. The van der Waals surface area contributed by atoms with Crippen LogP contribution in [-0.4, -0.2) is 62.1 Å². The minimum Gasteiger partial charge on any atom is -0.330 e. The molecule has 0 spiro atoms. The highest BCUT2D eigenvalue weighted by Crippen LogP contribution is 2.15. The summed E-state index contributed by atoms with van der Waals surface area (Å²) in [4.78, 5) is 21.5. The van der Waals surface area contributed by atoms with Gasteiger partial charge >= 0.3 is 6.03 Å². The Morgan fingerprint density at radius 2 is 1.89 bits per heavy atom. The molecule has 6 heteroatoms. The average molecular weight is 271 g/mol. The van der Waals surface area contributed by atoms with E-state index in [0.717, 1.165) is 6.54 Å². The lowest BCUT2D eigenvalue weighted by Crippen LogP contribution is -2.43. The Bertz CT molecular complexity index is 392. The molecule has 0 aromatic carbocycles. The van der Waals surface area contributed by atoms with E-state index < -0.39 is 0 Å². The summed E-state index contributed by atoms with van der Waals surface area (Å²) in [6.07, 6.45) is 1.54. The van der Waals surface area contributed by atoms with Gasteiger partial charge in [0.1, 0.15) is 5.82 Å². The number of urea groups is 1. The quantitative estimate of drug-likeness (QED) is 0.837. The van der Waals surface area contributed by atoms with E-state index in [2.05, 4.69) is 4.98 Å². The van der Waals surface area contributed by atoms with Crippen LogP contribution in [0.3, 0.4) is 0 Å². The number of hydrogen-bond donors (Lipinski definition) is 0. The van der Waals surface area contributed by atoms with Crippen LogP contribution in [0.5, 0.6) is 0 Å². The van der Waals surface area contributed by atoms with Crippen molar-refractivity contribution in [3.8, 4) is 0 Å². The highest BCUT2D eigenvalue weighted by Gasteiger charge is 2.18. The molecule has 0 radical (unpaired) electrons. The van der Waals surface area contributed by atoms with E-state index in [1.165, 1.54) is 4.90 Å². The summed E-state index contributed by atoms with van der Waals surface area (Å²) >= 11 is 5.80. The van der Waals surface area contributed by atoms with Crippen molar-refractivity contribution in [3.05, 3.63) is 23.4 Å². The second-order valence-electron chi connectivity index (χ2n) is 4.47. The van der Waals surface area contributed by atoms with Gasteiger partial charge in [-0.15, -0.1) is 0 Å². The van der Waals surface area contributed by atoms with Crippen LogP contribution in [0.15, 0.2) is 18.3 Å². The number of halogens is 1. The first-order valence-corrected chi connectivity index (χ1v) is 6.04. The topological polar surface area (TPSA) is 39.7 Å². The van der Waals surface area contributed by atoms with Gasteiger partial charge in [0.15, 0.2) is 0 Å². The highest BCUT2D eigenvalue weighted by atomic mass is 35.5. The molecule has 0 atom stereocenters. The molecule has 0 bridgehead atoms. The fourth-order valence-electron chi connectivity index (χ4n) is 1.38. The molecule has 100 valence electrons. The molecule has 1 aromatic heterocycles. The fourth-order valence-corrected chi connectivity index (χ4v) is 1.49. The molecule has 1 heterocycles. The smallest absolute Gasteiger partial charge is 0.325 e. The van der Waals surface area contributed by atoms with Crippen molar-refractivity contribution in [3.63, 3.8) is 0 Å². The molecule has 1 aromatic rings. The van der Waals surface area contributed by atoms with E-state index >= 15 is 0 Å². The first-order chi connectivity index (χ1) is 8.41. The summed E-state index contributed by atoms with van der Waals surface area (Å²) in [5.41, 5.74) is 0. The lowest BCUT2D eigenvalue weighted by molar-refractivity contribution is 0.222. The Hall–Kier alpha value is -1.33. The summed E-state index contributed by atoms with van der Waals surface area (Å²) in [6, 6.07) is 3.39. The molecule has 0 saturated carbocycles. The third-order valence-electron chi connectivity index (χ3n) is 2.37. The molecule has 5 nitrogen and oxygen atoms in total. The summed E-state index contributed by atoms with van der Waals surface area (Å²) in [5.74, 6) is 0.611. The van der Waals surface area contributed by atoms with Gasteiger partial charge in [-0.1, -0.05) is 11.6 Å². The third-order valence-corrected chi connectivity index (χ3v) is 2.60. The Balaban J connectivity index is 2.89. The first kappa shape index (κ1) is 14.7. The van der Waals surface area contributed by atoms with Crippen LogP contribution in [0.1, 0.15) is 0 Å². The second-order valence-corrected chi connectivity index (χ2v) is 4.90. The molecule has 0 aliphatic rings. The maximum Gasteiger partial charge on any atom is 0.325 e. The van der Waals surface area contributed by atoms with Gasteiger partial charge in [-0.05, 0) is 26.2 Å². The van der Waals surface area contributed by atoms with E-state index in [0.29, 0.717) is 17.4 Å². The van der Waals surface area contributed by atoms with Gasteiger partial charge in [0, 0.05) is 33.4 Å². The summed E-state index contributed by atoms with van der Waals surface area (Å²) in [7, 11) is 7.38.